The normalized spacial score (nSPS) is 30.0. The van der Waals surface area contributed by atoms with Crippen molar-refractivity contribution >= 4 is 11.0 Å². The van der Waals surface area contributed by atoms with E-state index in [1.807, 2.05) is 0 Å². The summed E-state index contributed by atoms with van der Waals surface area (Å²) in [5, 5.41) is 4.78. The summed E-state index contributed by atoms with van der Waals surface area (Å²) in [6.07, 6.45) is 4.30. The molecule has 2 aromatic heterocycles. The van der Waals surface area contributed by atoms with Crippen LogP contribution in [0.25, 0.3) is 16.7 Å². The maximum Gasteiger partial charge on any atom is 0.264 e. The number of rotatable bonds is 3. The molecule has 3 aromatic rings. The summed E-state index contributed by atoms with van der Waals surface area (Å²) >= 11 is 0. The number of fused-ring (bicyclic) bond motifs is 1. The molecule has 0 saturated heterocycles. The van der Waals surface area contributed by atoms with Crippen LogP contribution >= 0.6 is 0 Å². The number of halogens is 3. The molecule has 6 heteroatoms. The van der Waals surface area contributed by atoms with Gasteiger partial charge in [0.05, 0.1) is 11.1 Å². The quantitative estimate of drug-likeness (QED) is 0.508. The summed E-state index contributed by atoms with van der Waals surface area (Å²) < 4.78 is 44.3. The molecule has 0 aliphatic heterocycles. The molecule has 0 spiro atoms. The summed E-state index contributed by atoms with van der Waals surface area (Å²) in [6.45, 7) is 1.69. The molecule has 0 N–H and O–H groups in total. The molecule has 0 amide bonds. The van der Waals surface area contributed by atoms with E-state index in [4.69, 9.17) is 4.98 Å². The summed E-state index contributed by atoms with van der Waals surface area (Å²) in [6, 6.07) is 7.94. The molecule has 3 nitrogen and oxygen atoms in total. The van der Waals surface area contributed by atoms with Crippen LogP contribution < -0.4 is 0 Å². The third kappa shape index (κ3) is 2.58. The third-order valence-corrected chi connectivity index (χ3v) is 7.74. The number of benzene rings is 1. The maximum atomic E-state index is 14.5. The zero-order chi connectivity index (χ0) is 20.6. The molecule has 4 saturated carbocycles. The molecule has 4 fully saturated rings. The van der Waals surface area contributed by atoms with Gasteiger partial charge in [-0.1, -0.05) is 12.1 Å². The van der Waals surface area contributed by atoms with Crippen LogP contribution in [0.5, 0.6) is 0 Å². The lowest BCUT2D eigenvalue weighted by molar-refractivity contribution is -0.00721. The molecule has 4 aliphatic rings. The van der Waals surface area contributed by atoms with Gasteiger partial charge in [-0.25, -0.2) is 22.8 Å². The van der Waals surface area contributed by atoms with Gasteiger partial charge in [-0.15, -0.1) is 0 Å². The van der Waals surface area contributed by atoms with E-state index in [2.05, 4.69) is 5.10 Å². The Morgan fingerprint density at radius 2 is 1.67 bits per heavy atom. The fourth-order valence-electron chi connectivity index (χ4n) is 6.98. The number of alkyl halides is 2. The van der Waals surface area contributed by atoms with E-state index in [0.29, 0.717) is 34.5 Å². The summed E-state index contributed by atoms with van der Waals surface area (Å²) in [5.74, 6) is 1.60. The zero-order valence-electron chi connectivity index (χ0n) is 16.9. The second kappa shape index (κ2) is 6.32. The Bertz CT molecular complexity index is 1110. The average molecular weight is 411 g/mol. The van der Waals surface area contributed by atoms with Crippen LogP contribution in [0.2, 0.25) is 0 Å². The number of pyridine rings is 1. The first-order valence-electron chi connectivity index (χ1n) is 10.9. The minimum Gasteiger partial charge on any atom is -0.232 e. The number of hydrogen-bond acceptors (Lipinski definition) is 2. The molecule has 30 heavy (non-hydrogen) atoms. The standard InChI is InChI=1S/C24H24F3N3/c1-13-21-17(22(26)27)9-20(24-10-14-6-15(11-24)8-16(7-14)12-24)28-23(21)30(29-13)19-5-3-2-4-18(19)25/h2-5,9,14-16,22H,6-8,10-12H2,1H3. The Morgan fingerprint density at radius 3 is 2.27 bits per heavy atom. The van der Waals surface area contributed by atoms with Crippen molar-refractivity contribution in [1.29, 1.82) is 0 Å². The van der Waals surface area contributed by atoms with Gasteiger partial charge >= 0.3 is 0 Å². The van der Waals surface area contributed by atoms with Gasteiger partial charge in [0.25, 0.3) is 6.43 Å². The largest absolute Gasteiger partial charge is 0.264 e. The number of para-hydroxylation sites is 1. The smallest absolute Gasteiger partial charge is 0.232 e. The second-order valence-electron chi connectivity index (χ2n) is 9.74. The van der Waals surface area contributed by atoms with Gasteiger partial charge in [0.1, 0.15) is 11.5 Å². The van der Waals surface area contributed by atoms with Crippen molar-refractivity contribution in [2.45, 2.75) is 57.3 Å². The predicted molar refractivity (Wildman–Crippen MR) is 108 cm³/mol. The molecule has 7 rings (SSSR count). The van der Waals surface area contributed by atoms with Crippen LogP contribution in [0.1, 0.15) is 61.9 Å². The van der Waals surface area contributed by atoms with Crippen LogP contribution in [0.15, 0.2) is 30.3 Å². The van der Waals surface area contributed by atoms with Crippen molar-refractivity contribution in [2.24, 2.45) is 17.8 Å². The van der Waals surface area contributed by atoms with Crippen LogP contribution in [-0.4, -0.2) is 14.8 Å². The van der Waals surface area contributed by atoms with Crippen LogP contribution in [0, 0.1) is 30.5 Å². The fraction of sp³-hybridized carbons (Fsp3) is 0.500. The summed E-state index contributed by atoms with van der Waals surface area (Å²) in [5.41, 5.74) is 1.66. The first kappa shape index (κ1) is 18.4. The molecule has 0 atom stereocenters. The summed E-state index contributed by atoms with van der Waals surface area (Å²) in [4.78, 5) is 4.95. The molecular formula is C24H24F3N3. The van der Waals surface area contributed by atoms with Gasteiger partial charge in [-0.05, 0) is 81.4 Å². The highest BCUT2D eigenvalue weighted by Crippen LogP contribution is 2.60. The Balaban J connectivity index is 1.60. The van der Waals surface area contributed by atoms with E-state index in [0.717, 1.165) is 25.0 Å². The van der Waals surface area contributed by atoms with Gasteiger partial charge in [0.15, 0.2) is 5.65 Å². The minimum atomic E-state index is -2.62. The van der Waals surface area contributed by atoms with Crippen LogP contribution in [-0.2, 0) is 5.41 Å². The zero-order valence-corrected chi connectivity index (χ0v) is 16.9. The van der Waals surface area contributed by atoms with Crippen molar-refractivity contribution in [2.75, 3.05) is 0 Å². The summed E-state index contributed by atoms with van der Waals surface area (Å²) in [7, 11) is 0. The molecule has 4 bridgehead atoms. The minimum absolute atomic E-state index is 0.0224. The molecule has 0 radical (unpaired) electrons. The number of aromatic nitrogens is 3. The number of nitrogens with zero attached hydrogens (tertiary/aromatic N) is 3. The first-order chi connectivity index (χ1) is 14.4. The molecular weight excluding hydrogens is 387 g/mol. The molecule has 2 heterocycles. The highest BCUT2D eigenvalue weighted by molar-refractivity contribution is 5.84. The second-order valence-corrected chi connectivity index (χ2v) is 9.74. The van der Waals surface area contributed by atoms with Gasteiger partial charge < -0.3 is 0 Å². The monoisotopic (exact) mass is 411 g/mol. The van der Waals surface area contributed by atoms with Crippen molar-refractivity contribution in [3.05, 3.63) is 53.1 Å². The Labute approximate surface area is 173 Å². The van der Waals surface area contributed by atoms with Crippen molar-refractivity contribution in [3.63, 3.8) is 0 Å². The fourth-order valence-corrected chi connectivity index (χ4v) is 6.98. The van der Waals surface area contributed by atoms with E-state index >= 15 is 0 Å². The number of aryl methyl sites for hydroxylation is 1. The molecule has 156 valence electrons. The topological polar surface area (TPSA) is 30.7 Å². The third-order valence-electron chi connectivity index (χ3n) is 7.74. The van der Waals surface area contributed by atoms with Gasteiger partial charge in [-0.3, -0.25) is 0 Å². The highest BCUT2D eigenvalue weighted by Gasteiger charge is 2.52. The van der Waals surface area contributed by atoms with Gasteiger partial charge in [-0.2, -0.15) is 5.10 Å². The Kier molecular flexibility index (Phi) is 3.87. The Hall–Kier alpha value is -2.37. The van der Waals surface area contributed by atoms with Crippen molar-refractivity contribution in [1.82, 2.24) is 14.8 Å². The number of hydrogen-bond donors (Lipinski definition) is 0. The van der Waals surface area contributed by atoms with Crippen molar-refractivity contribution < 1.29 is 13.2 Å². The van der Waals surface area contributed by atoms with Gasteiger partial charge in [0.2, 0.25) is 0 Å². The SMILES string of the molecule is Cc1nn(-c2ccccc2F)c2nc(C34CC5CC(CC(C5)C3)C4)cc(C(F)F)c12. The van der Waals surface area contributed by atoms with E-state index in [1.165, 1.54) is 30.0 Å². The lowest BCUT2D eigenvalue weighted by Crippen LogP contribution is -2.49. The van der Waals surface area contributed by atoms with E-state index in [1.54, 1.807) is 31.2 Å². The molecule has 0 unspecified atom stereocenters. The first-order valence-corrected chi connectivity index (χ1v) is 10.9. The van der Waals surface area contributed by atoms with E-state index < -0.39 is 12.2 Å². The van der Waals surface area contributed by atoms with Crippen LogP contribution in [0.3, 0.4) is 0 Å². The lowest BCUT2D eigenvalue weighted by atomic mass is 9.48. The maximum absolute atomic E-state index is 14.5. The Morgan fingerprint density at radius 1 is 1.03 bits per heavy atom. The average Bonchev–Trinajstić information content (AvgIpc) is 3.03. The van der Waals surface area contributed by atoms with Crippen molar-refractivity contribution in [3.8, 4) is 5.69 Å². The van der Waals surface area contributed by atoms with E-state index in [9.17, 15) is 13.2 Å². The van der Waals surface area contributed by atoms with E-state index in [-0.39, 0.29) is 16.7 Å². The van der Waals surface area contributed by atoms with Crippen LogP contribution in [0.4, 0.5) is 13.2 Å². The predicted octanol–water partition coefficient (Wildman–Crippen LogP) is 6.27. The van der Waals surface area contributed by atoms with Gasteiger partial charge in [0, 0.05) is 16.7 Å². The molecule has 1 aromatic carbocycles. The lowest BCUT2D eigenvalue weighted by Gasteiger charge is -2.56. The molecule has 4 aliphatic carbocycles. The highest BCUT2D eigenvalue weighted by atomic mass is 19.3.